The molecule has 0 spiro atoms. The number of nitrogens with one attached hydrogen (secondary N) is 1. The molecular formula is C12H10N2O4S. The zero-order chi connectivity index (χ0) is 13.7. The lowest BCUT2D eigenvalue weighted by molar-refractivity contribution is -0.414. The number of benzene rings is 1. The maximum atomic E-state index is 10.7. The van der Waals surface area contributed by atoms with Crippen LogP contribution in [0.1, 0.15) is 5.56 Å². The van der Waals surface area contributed by atoms with E-state index < -0.39 is 11.1 Å². The molecule has 1 atom stereocenters. The molecule has 1 heterocycles. The largest absolute Gasteiger partial charge is 0.766 e. The van der Waals surface area contributed by atoms with Crippen molar-refractivity contribution >= 4 is 16.9 Å². The van der Waals surface area contributed by atoms with E-state index >= 15 is 0 Å². The summed E-state index contributed by atoms with van der Waals surface area (Å²) in [5, 5.41) is 2.60. The molecule has 2 rings (SSSR count). The van der Waals surface area contributed by atoms with Gasteiger partial charge < -0.3 is 9.29 Å². The number of aromatic amines is 1. The zero-order valence-electron chi connectivity index (χ0n) is 9.74. The molecule has 0 fully saturated rings. The fraction of sp³-hybridized carbons (Fsp3) is 0.0833. The fourth-order valence-corrected chi connectivity index (χ4v) is 1.83. The first-order valence-electron chi connectivity index (χ1n) is 5.36. The fourth-order valence-electron chi connectivity index (χ4n) is 1.47. The minimum Gasteiger partial charge on any atom is -0.766 e. The van der Waals surface area contributed by atoms with Gasteiger partial charge in [0, 0.05) is 11.1 Å². The summed E-state index contributed by atoms with van der Waals surface area (Å²) in [4.78, 5) is 13.0. The second-order valence-corrected chi connectivity index (χ2v) is 4.54. The van der Waals surface area contributed by atoms with Crippen molar-refractivity contribution in [2.75, 3.05) is 0 Å². The van der Waals surface area contributed by atoms with E-state index in [1.54, 1.807) is 0 Å². The predicted molar refractivity (Wildman–Crippen MR) is 66.4 cm³/mol. The van der Waals surface area contributed by atoms with Crippen molar-refractivity contribution in [2.24, 2.45) is 5.18 Å². The Morgan fingerprint density at radius 1 is 1.21 bits per heavy atom. The van der Waals surface area contributed by atoms with Gasteiger partial charge in [0.05, 0.1) is 0 Å². The number of ether oxygens (including phenoxy) is 1. The van der Waals surface area contributed by atoms with Crippen molar-refractivity contribution in [3.8, 4) is 5.75 Å². The summed E-state index contributed by atoms with van der Waals surface area (Å²) in [6.07, 6.45) is 0. The lowest BCUT2D eigenvalue weighted by Crippen LogP contribution is -2.13. The topological polar surface area (TPSA) is 92.9 Å². The van der Waals surface area contributed by atoms with Crippen molar-refractivity contribution in [3.63, 3.8) is 0 Å². The van der Waals surface area contributed by atoms with Gasteiger partial charge in [-0.25, -0.2) is 4.98 Å². The number of nitroso groups, excluding NO2 is 1. The molecule has 6 nitrogen and oxygen atoms in total. The third-order valence-electron chi connectivity index (χ3n) is 2.37. The van der Waals surface area contributed by atoms with Crippen LogP contribution in [0, 0.1) is 4.91 Å². The Morgan fingerprint density at radius 2 is 1.95 bits per heavy atom. The molecule has 0 saturated heterocycles. The monoisotopic (exact) mass is 278 g/mol. The highest BCUT2D eigenvalue weighted by Crippen LogP contribution is 2.23. The van der Waals surface area contributed by atoms with Crippen LogP contribution in [-0.2, 0) is 17.7 Å². The lowest BCUT2D eigenvalue weighted by atomic mass is 10.2. The maximum absolute atomic E-state index is 10.7. The standard InChI is InChI=1S/C12H10N2O4S/c15-14-12-10(6-7-11(13-12)19(16)17)18-8-9-4-2-1-3-5-9/h1-7H,8H2,(H,16,17). The molecule has 1 aromatic heterocycles. The second kappa shape index (κ2) is 6.17. The summed E-state index contributed by atoms with van der Waals surface area (Å²) < 4.78 is 26.9. The maximum Gasteiger partial charge on any atom is 0.415 e. The Morgan fingerprint density at radius 3 is 2.58 bits per heavy atom. The number of hydrogen-bond acceptors (Lipinski definition) is 5. The van der Waals surface area contributed by atoms with Crippen LogP contribution in [0.5, 0.6) is 5.75 Å². The highest BCUT2D eigenvalue weighted by molar-refractivity contribution is 7.78. The van der Waals surface area contributed by atoms with E-state index in [9.17, 15) is 13.7 Å². The molecule has 1 N–H and O–H groups in total. The van der Waals surface area contributed by atoms with Crippen molar-refractivity contribution in [1.82, 2.24) is 0 Å². The van der Waals surface area contributed by atoms with Crippen LogP contribution in [-0.4, -0.2) is 8.76 Å². The molecule has 1 aromatic carbocycles. The first kappa shape index (κ1) is 13.3. The van der Waals surface area contributed by atoms with E-state index in [1.807, 2.05) is 30.3 Å². The van der Waals surface area contributed by atoms with Gasteiger partial charge in [-0.3, -0.25) is 4.21 Å². The average molecular weight is 278 g/mol. The van der Waals surface area contributed by atoms with Crippen LogP contribution in [0.3, 0.4) is 0 Å². The average Bonchev–Trinajstić information content (AvgIpc) is 2.45. The number of hydrogen-bond donors (Lipinski definition) is 0. The minimum absolute atomic E-state index is 0.123. The molecule has 0 bridgehead atoms. The van der Waals surface area contributed by atoms with Gasteiger partial charge in [-0.2, -0.15) is 0 Å². The van der Waals surface area contributed by atoms with Gasteiger partial charge in [0.2, 0.25) is 10.9 Å². The van der Waals surface area contributed by atoms with Crippen molar-refractivity contribution in [2.45, 2.75) is 11.6 Å². The summed E-state index contributed by atoms with van der Waals surface area (Å²) in [5.74, 6) is 0.0469. The van der Waals surface area contributed by atoms with E-state index in [0.717, 1.165) is 5.56 Å². The highest BCUT2D eigenvalue weighted by atomic mass is 32.2. The van der Waals surface area contributed by atoms with Gasteiger partial charge >= 0.3 is 5.82 Å². The van der Waals surface area contributed by atoms with E-state index in [2.05, 4.69) is 10.2 Å². The molecule has 0 radical (unpaired) electrons. The van der Waals surface area contributed by atoms with Crippen LogP contribution in [0.4, 0.5) is 5.82 Å². The van der Waals surface area contributed by atoms with Gasteiger partial charge in [0.25, 0.3) is 0 Å². The third kappa shape index (κ3) is 3.43. The number of nitrogens with zero attached hydrogens (tertiary/aromatic N) is 1. The zero-order valence-corrected chi connectivity index (χ0v) is 10.6. The molecule has 0 saturated carbocycles. The molecule has 7 heteroatoms. The normalized spacial score (nSPS) is 11.8. The SMILES string of the molecule is O=Nc1[nH+]c(S(=O)[O-])ccc1OCc1ccccc1. The smallest absolute Gasteiger partial charge is 0.415 e. The Bertz CT molecular complexity index is 604. The third-order valence-corrected chi connectivity index (χ3v) is 2.97. The summed E-state index contributed by atoms with van der Waals surface area (Å²) in [7, 11) is 0. The van der Waals surface area contributed by atoms with Crippen LogP contribution >= 0.6 is 0 Å². The quantitative estimate of drug-likeness (QED) is 0.614. The molecule has 0 amide bonds. The molecule has 0 aliphatic carbocycles. The van der Waals surface area contributed by atoms with E-state index in [1.165, 1.54) is 12.1 Å². The van der Waals surface area contributed by atoms with Gasteiger partial charge in [0.15, 0.2) is 5.03 Å². The summed E-state index contributed by atoms with van der Waals surface area (Å²) in [6, 6.07) is 12.1. The van der Waals surface area contributed by atoms with Crippen LogP contribution in [0.2, 0.25) is 0 Å². The van der Waals surface area contributed by atoms with E-state index in [0.29, 0.717) is 0 Å². The van der Waals surface area contributed by atoms with Crippen molar-refractivity contribution in [3.05, 3.63) is 52.9 Å². The van der Waals surface area contributed by atoms with Gasteiger partial charge in [-0.05, 0) is 22.6 Å². The van der Waals surface area contributed by atoms with Crippen LogP contribution in [0.25, 0.3) is 0 Å². The number of pyridine rings is 1. The van der Waals surface area contributed by atoms with Gasteiger partial charge in [0.1, 0.15) is 6.61 Å². The Labute approximate surface area is 111 Å². The Kier molecular flexibility index (Phi) is 4.32. The van der Waals surface area contributed by atoms with Crippen molar-refractivity contribution in [1.29, 1.82) is 0 Å². The highest BCUT2D eigenvalue weighted by Gasteiger charge is 2.16. The van der Waals surface area contributed by atoms with Gasteiger partial charge in [-0.1, -0.05) is 30.3 Å². The summed E-state index contributed by atoms with van der Waals surface area (Å²) in [6.45, 7) is 0.261. The first-order valence-corrected chi connectivity index (χ1v) is 6.44. The number of aromatic nitrogens is 1. The summed E-state index contributed by atoms with van der Waals surface area (Å²) >= 11 is -2.45. The van der Waals surface area contributed by atoms with Crippen LogP contribution in [0.15, 0.2) is 52.7 Å². The predicted octanol–water partition coefficient (Wildman–Crippen LogP) is 1.72. The number of rotatable bonds is 5. The van der Waals surface area contributed by atoms with E-state index in [-0.39, 0.29) is 23.2 Å². The molecule has 98 valence electrons. The van der Waals surface area contributed by atoms with Crippen molar-refractivity contribution < 1.29 is 18.5 Å². The van der Waals surface area contributed by atoms with E-state index in [4.69, 9.17) is 4.74 Å². The molecule has 0 aliphatic heterocycles. The lowest BCUT2D eigenvalue weighted by Gasteiger charge is -2.06. The second-order valence-electron chi connectivity index (χ2n) is 3.64. The first-order chi connectivity index (χ1) is 9.20. The summed E-state index contributed by atoms with van der Waals surface area (Å²) in [5.41, 5.74) is 0.927. The molecule has 0 aliphatic rings. The molecule has 2 aromatic rings. The molecule has 1 unspecified atom stereocenters. The molecule has 19 heavy (non-hydrogen) atoms. The van der Waals surface area contributed by atoms with Gasteiger partial charge in [-0.15, -0.1) is 0 Å². The number of H-pyrrole nitrogens is 1. The minimum atomic E-state index is -2.45. The Balaban J connectivity index is 2.16. The van der Waals surface area contributed by atoms with Crippen LogP contribution < -0.4 is 9.72 Å². The molecular weight excluding hydrogens is 268 g/mol. The Hall–Kier alpha value is -2.12.